The summed E-state index contributed by atoms with van der Waals surface area (Å²) in [5.41, 5.74) is 0. The van der Waals surface area contributed by atoms with Gasteiger partial charge >= 0.3 is 6.03 Å². The topological polar surface area (TPSA) is 50.4 Å². The van der Waals surface area contributed by atoms with Crippen molar-refractivity contribution in [3.63, 3.8) is 0 Å². The van der Waals surface area contributed by atoms with Gasteiger partial charge in [0, 0.05) is 19.7 Å². The Morgan fingerprint density at radius 3 is 3.08 bits per heavy atom. The fourth-order valence-corrected chi connectivity index (χ4v) is 1.24. The van der Waals surface area contributed by atoms with Crippen molar-refractivity contribution >= 4 is 6.03 Å². The second-order valence-corrected chi connectivity index (χ2v) is 3.01. The van der Waals surface area contributed by atoms with E-state index in [9.17, 15) is 4.79 Å². The molecule has 1 atom stereocenters. The maximum Gasteiger partial charge on any atom is 0.315 e. The Bertz CT molecular complexity index is 176. The summed E-state index contributed by atoms with van der Waals surface area (Å²) in [5.74, 6) is 0. The van der Waals surface area contributed by atoms with Crippen molar-refractivity contribution in [1.82, 2.24) is 10.6 Å². The van der Waals surface area contributed by atoms with Crippen LogP contribution in [0.5, 0.6) is 0 Å². The van der Waals surface area contributed by atoms with E-state index in [0.29, 0.717) is 13.1 Å². The molecule has 0 saturated carbocycles. The van der Waals surface area contributed by atoms with Crippen molar-refractivity contribution in [3.05, 3.63) is 12.7 Å². The lowest BCUT2D eigenvalue weighted by atomic mass is 10.2. The lowest BCUT2D eigenvalue weighted by Crippen LogP contribution is -2.39. The first-order chi connectivity index (χ1) is 6.33. The number of hydrogen-bond acceptors (Lipinski definition) is 2. The molecule has 1 rings (SSSR count). The number of nitrogens with one attached hydrogen (secondary N) is 2. The fraction of sp³-hybridized carbons (Fsp3) is 0.667. The third-order valence-electron chi connectivity index (χ3n) is 1.92. The third kappa shape index (κ3) is 3.94. The Kier molecular flexibility index (Phi) is 4.32. The Balaban J connectivity index is 2.03. The van der Waals surface area contributed by atoms with Crippen LogP contribution in [0.15, 0.2) is 12.7 Å². The summed E-state index contributed by atoms with van der Waals surface area (Å²) in [6.45, 7) is 5.42. The molecule has 0 aromatic carbocycles. The molecule has 1 fully saturated rings. The van der Waals surface area contributed by atoms with Crippen LogP contribution in [0.2, 0.25) is 0 Å². The average molecular weight is 184 g/mol. The van der Waals surface area contributed by atoms with Crippen LogP contribution in [0.25, 0.3) is 0 Å². The van der Waals surface area contributed by atoms with Gasteiger partial charge in [0.15, 0.2) is 0 Å². The molecule has 74 valence electrons. The number of amides is 2. The SMILES string of the molecule is C=CCNC(=O)NCC1CCCO1. The molecular formula is C9H16N2O2. The minimum atomic E-state index is -0.157. The first-order valence-corrected chi connectivity index (χ1v) is 4.57. The van der Waals surface area contributed by atoms with Crippen molar-refractivity contribution in [3.8, 4) is 0 Å². The lowest BCUT2D eigenvalue weighted by Gasteiger charge is -2.10. The van der Waals surface area contributed by atoms with Gasteiger partial charge in [0.25, 0.3) is 0 Å². The molecule has 0 aromatic heterocycles. The van der Waals surface area contributed by atoms with E-state index in [1.54, 1.807) is 6.08 Å². The predicted molar refractivity (Wildman–Crippen MR) is 50.6 cm³/mol. The number of carbonyl (C=O) groups excluding carboxylic acids is 1. The van der Waals surface area contributed by atoms with Crippen LogP contribution < -0.4 is 10.6 Å². The minimum absolute atomic E-state index is 0.157. The van der Waals surface area contributed by atoms with Gasteiger partial charge in [0.1, 0.15) is 0 Å². The van der Waals surface area contributed by atoms with Crippen molar-refractivity contribution in [2.24, 2.45) is 0 Å². The Labute approximate surface area is 78.3 Å². The molecule has 0 bridgehead atoms. The van der Waals surface area contributed by atoms with Crippen molar-refractivity contribution < 1.29 is 9.53 Å². The van der Waals surface area contributed by atoms with Gasteiger partial charge in [0.2, 0.25) is 0 Å². The van der Waals surface area contributed by atoms with Crippen molar-refractivity contribution in [1.29, 1.82) is 0 Å². The zero-order chi connectivity index (χ0) is 9.52. The molecule has 1 aliphatic rings. The average Bonchev–Trinajstić information content (AvgIpc) is 2.64. The van der Waals surface area contributed by atoms with Crippen LogP contribution in [0.1, 0.15) is 12.8 Å². The van der Waals surface area contributed by atoms with E-state index >= 15 is 0 Å². The lowest BCUT2D eigenvalue weighted by molar-refractivity contribution is 0.111. The summed E-state index contributed by atoms with van der Waals surface area (Å²) >= 11 is 0. The van der Waals surface area contributed by atoms with Gasteiger partial charge in [-0.1, -0.05) is 6.08 Å². The van der Waals surface area contributed by atoms with Gasteiger partial charge in [0.05, 0.1) is 6.10 Å². The Morgan fingerprint density at radius 2 is 2.46 bits per heavy atom. The summed E-state index contributed by atoms with van der Waals surface area (Å²) < 4.78 is 5.35. The maximum absolute atomic E-state index is 11.0. The molecule has 0 aromatic rings. The summed E-state index contributed by atoms with van der Waals surface area (Å²) in [7, 11) is 0. The summed E-state index contributed by atoms with van der Waals surface area (Å²) in [6, 6.07) is -0.157. The largest absolute Gasteiger partial charge is 0.376 e. The second-order valence-electron chi connectivity index (χ2n) is 3.01. The number of ether oxygens (including phenoxy) is 1. The zero-order valence-electron chi connectivity index (χ0n) is 7.71. The first kappa shape index (κ1) is 10.1. The van der Waals surface area contributed by atoms with Crippen LogP contribution in [0.3, 0.4) is 0 Å². The van der Waals surface area contributed by atoms with Gasteiger partial charge in [-0.15, -0.1) is 6.58 Å². The van der Waals surface area contributed by atoms with Gasteiger partial charge in [-0.05, 0) is 12.8 Å². The molecule has 0 radical (unpaired) electrons. The van der Waals surface area contributed by atoms with Crippen LogP contribution >= 0.6 is 0 Å². The van der Waals surface area contributed by atoms with Crippen LogP contribution in [-0.4, -0.2) is 31.8 Å². The standard InChI is InChI=1S/C9H16N2O2/c1-2-5-10-9(12)11-7-8-4-3-6-13-8/h2,8H,1,3-7H2,(H2,10,11,12). The number of urea groups is 1. The smallest absolute Gasteiger partial charge is 0.315 e. The van der Waals surface area contributed by atoms with Gasteiger partial charge < -0.3 is 15.4 Å². The van der Waals surface area contributed by atoms with E-state index in [4.69, 9.17) is 4.74 Å². The monoisotopic (exact) mass is 184 g/mol. The molecule has 2 amide bonds. The molecule has 1 heterocycles. The molecule has 4 heteroatoms. The molecule has 0 spiro atoms. The van der Waals surface area contributed by atoms with Crippen LogP contribution in [0, 0.1) is 0 Å². The van der Waals surface area contributed by atoms with Crippen LogP contribution in [-0.2, 0) is 4.74 Å². The van der Waals surface area contributed by atoms with Crippen molar-refractivity contribution in [2.75, 3.05) is 19.7 Å². The molecule has 1 unspecified atom stereocenters. The molecule has 1 saturated heterocycles. The Hall–Kier alpha value is -1.03. The number of carbonyl (C=O) groups is 1. The number of hydrogen-bond donors (Lipinski definition) is 2. The highest BCUT2D eigenvalue weighted by atomic mass is 16.5. The molecular weight excluding hydrogens is 168 g/mol. The highest BCUT2D eigenvalue weighted by molar-refractivity contribution is 5.73. The molecule has 0 aliphatic carbocycles. The quantitative estimate of drug-likeness (QED) is 0.630. The second kappa shape index (κ2) is 5.59. The normalized spacial score (nSPS) is 21.1. The van der Waals surface area contributed by atoms with Crippen molar-refractivity contribution in [2.45, 2.75) is 18.9 Å². The van der Waals surface area contributed by atoms with E-state index in [-0.39, 0.29) is 12.1 Å². The van der Waals surface area contributed by atoms with Gasteiger partial charge in [-0.25, -0.2) is 4.79 Å². The van der Waals surface area contributed by atoms with Gasteiger partial charge in [-0.3, -0.25) is 0 Å². The summed E-state index contributed by atoms with van der Waals surface area (Å²) in [6.07, 6.45) is 3.99. The maximum atomic E-state index is 11.0. The van der Waals surface area contributed by atoms with E-state index in [0.717, 1.165) is 19.4 Å². The minimum Gasteiger partial charge on any atom is -0.376 e. The van der Waals surface area contributed by atoms with E-state index in [2.05, 4.69) is 17.2 Å². The Morgan fingerprint density at radius 1 is 1.62 bits per heavy atom. The van der Waals surface area contributed by atoms with Crippen LogP contribution in [0.4, 0.5) is 4.79 Å². The molecule has 4 nitrogen and oxygen atoms in total. The summed E-state index contributed by atoms with van der Waals surface area (Å²) in [4.78, 5) is 11.0. The predicted octanol–water partition coefficient (Wildman–Crippen LogP) is 0.651. The molecule has 13 heavy (non-hydrogen) atoms. The van der Waals surface area contributed by atoms with E-state index in [1.807, 2.05) is 0 Å². The molecule has 1 aliphatic heterocycles. The zero-order valence-corrected chi connectivity index (χ0v) is 7.71. The highest BCUT2D eigenvalue weighted by Gasteiger charge is 2.15. The van der Waals surface area contributed by atoms with E-state index in [1.165, 1.54) is 0 Å². The summed E-state index contributed by atoms with van der Waals surface area (Å²) in [5, 5.41) is 5.37. The fourth-order valence-electron chi connectivity index (χ4n) is 1.24. The number of rotatable bonds is 4. The first-order valence-electron chi connectivity index (χ1n) is 4.57. The molecule has 2 N–H and O–H groups in total. The highest BCUT2D eigenvalue weighted by Crippen LogP contribution is 2.10. The van der Waals surface area contributed by atoms with Gasteiger partial charge in [-0.2, -0.15) is 0 Å². The third-order valence-corrected chi connectivity index (χ3v) is 1.92. The van der Waals surface area contributed by atoms with E-state index < -0.39 is 0 Å².